The highest BCUT2D eigenvalue weighted by Gasteiger charge is 2.48. The minimum atomic E-state index is -5.08. The van der Waals surface area contributed by atoms with Crippen molar-refractivity contribution in [2.45, 2.75) is 339 Å². The van der Waals surface area contributed by atoms with Crippen LogP contribution in [0.5, 0.6) is 0 Å². The number of ether oxygens (including phenoxy) is 2. The Bertz CT molecular complexity index is 1230. The van der Waals surface area contributed by atoms with Crippen LogP contribution in [0, 0.1) is 0 Å². The highest BCUT2D eigenvalue weighted by Crippen LogP contribution is 2.26. The zero-order valence-electron chi connectivity index (χ0n) is 44.7. The van der Waals surface area contributed by atoms with E-state index >= 15 is 0 Å². The fourth-order valence-corrected chi connectivity index (χ4v) is 10.4. The monoisotopic (exact) mass is 1010 g/mol. The van der Waals surface area contributed by atoms with E-state index < -0.39 is 59.9 Å². The Morgan fingerprint density at radius 3 is 1.16 bits per heavy atom. The number of hydrogen-bond donors (Lipinski definition) is 6. The van der Waals surface area contributed by atoms with Gasteiger partial charge in [0.2, 0.25) is 5.91 Å². The van der Waals surface area contributed by atoms with Gasteiger partial charge in [-0.2, -0.15) is 8.42 Å². The van der Waals surface area contributed by atoms with Crippen molar-refractivity contribution in [3.63, 3.8) is 0 Å². The SMILES string of the molecule is CCCCCCCCCCCCCCCCCCCCCCCC(=O)NC(COC1OC(CO)C(O)C(OS(=O)(=O)O)C1O)C(O)CCCCCCCCCCCCCCCCCCCCCCC. The van der Waals surface area contributed by atoms with Crippen molar-refractivity contribution >= 4 is 16.3 Å². The van der Waals surface area contributed by atoms with Gasteiger partial charge in [-0.1, -0.05) is 277 Å². The van der Waals surface area contributed by atoms with E-state index in [0.29, 0.717) is 12.8 Å². The summed E-state index contributed by atoms with van der Waals surface area (Å²) in [7, 11) is -5.08. The van der Waals surface area contributed by atoms with Gasteiger partial charge in [0.15, 0.2) is 6.29 Å². The summed E-state index contributed by atoms with van der Waals surface area (Å²) >= 11 is 0. The highest BCUT2D eigenvalue weighted by molar-refractivity contribution is 7.80. The predicted octanol–water partition coefficient (Wildman–Crippen LogP) is 13.7. The quantitative estimate of drug-likeness (QED) is 0.0251. The third kappa shape index (κ3) is 39.3. The largest absolute Gasteiger partial charge is 0.397 e. The van der Waals surface area contributed by atoms with E-state index in [1.165, 1.54) is 218 Å². The molecule has 7 atom stereocenters. The second-order valence-corrected chi connectivity index (χ2v) is 22.0. The summed E-state index contributed by atoms with van der Waals surface area (Å²) in [6.45, 7) is 3.51. The number of nitrogens with one attached hydrogen (secondary N) is 1. The second-order valence-electron chi connectivity index (χ2n) is 21.0. The maximum absolute atomic E-state index is 13.2. The Balaban J connectivity index is 2.34. The van der Waals surface area contributed by atoms with Gasteiger partial charge in [0.1, 0.15) is 24.4 Å². The highest BCUT2D eigenvalue weighted by atomic mass is 32.3. The van der Waals surface area contributed by atoms with Gasteiger partial charge in [0.25, 0.3) is 0 Å². The molecule has 1 heterocycles. The van der Waals surface area contributed by atoms with Crippen LogP contribution in [0.4, 0.5) is 0 Å². The van der Waals surface area contributed by atoms with E-state index in [0.717, 1.165) is 51.4 Å². The molecular weight excluding hydrogens is 895 g/mol. The minimum Gasteiger partial charge on any atom is -0.394 e. The molecule has 69 heavy (non-hydrogen) atoms. The zero-order valence-corrected chi connectivity index (χ0v) is 45.5. The summed E-state index contributed by atoms with van der Waals surface area (Å²) in [5.41, 5.74) is 0. The molecule has 0 radical (unpaired) electrons. The van der Waals surface area contributed by atoms with Gasteiger partial charge in [-0.25, -0.2) is 4.18 Å². The smallest absolute Gasteiger partial charge is 0.394 e. The molecule has 0 spiro atoms. The van der Waals surface area contributed by atoms with Crippen molar-refractivity contribution in [3.8, 4) is 0 Å². The third-order valence-corrected chi connectivity index (χ3v) is 14.9. The maximum atomic E-state index is 13.2. The number of carbonyl (C=O) groups excluding carboxylic acids is 1. The Hall–Kier alpha value is -0.900. The van der Waals surface area contributed by atoms with Gasteiger partial charge in [0.05, 0.1) is 25.4 Å². The Kier molecular flexibility index (Phi) is 44.9. The molecule has 0 aromatic carbocycles. The molecule has 1 aliphatic rings. The number of carbonyl (C=O) groups is 1. The first kappa shape index (κ1) is 66.1. The fourth-order valence-electron chi connectivity index (χ4n) is 9.88. The van der Waals surface area contributed by atoms with Gasteiger partial charge < -0.3 is 35.2 Å². The van der Waals surface area contributed by atoms with Crippen LogP contribution in [-0.2, 0) is 28.9 Å². The lowest BCUT2D eigenvalue weighted by atomic mass is 9.99. The van der Waals surface area contributed by atoms with Gasteiger partial charge in [-0.15, -0.1) is 0 Å². The van der Waals surface area contributed by atoms with Crippen LogP contribution in [-0.4, -0.2) is 95.4 Å². The number of aliphatic hydroxyl groups excluding tert-OH is 4. The molecular formula is C56H111NO11S. The van der Waals surface area contributed by atoms with Crippen LogP contribution < -0.4 is 5.32 Å². The summed E-state index contributed by atoms with van der Waals surface area (Å²) in [4.78, 5) is 13.2. The van der Waals surface area contributed by atoms with Crippen LogP contribution in [0.25, 0.3) is 0 Å². The molecule has 13 heteroatoms. The molecule has 1 fully saturated rings. The average Bonchev–Trinajstić information content (AvgIpc) is 3.32. The lowest BCUT2D eigenvalue weighted by Crippen LogP contribution is -2.61. The molecule has 6 N–H and O–H groups in total. The molecule has 7 unspecified atom stereocenters. The van der Waals surface area contributed by atoms with E-state index in [1.54, 1.807) is 0 Å². The molecule has 1 saturated heterocycles. The van der Waals surface area contributed by atoms with Crippen LogP contribution >= 0.6 is 0 Å². The van der Waals surface area contributed by atoms with Gasteiger partial charge in [-0.05, 0) is 12.8 Å². The Morgan fingerprint density at radius 2 is 0.841 bits per heavy atom. The first-order valence-electron chi connectivity index (χ1n) is 29.4. The Morgan fingerprint density at radius 1 is 0.522 bits per heavy atom. The maximum Gasteiger partial charge on any atom is 0.397 e. The van der Waals surface area contributed by atoms with Gasteiger partial charge in [-0.3, -0.25) is 9.35 Å². The zero-order chi connectivity index (χ0) is 50.5. The number of hydrogen-bond acceptors (Lipinski definition) is 10. The standard InChI is InChI=1S/C56H111NO11S/c1-3-5-7-9-11-13-15-17-19-21-23-25-27-29-31-33-35-37-39-41-43-45-50(59)49(48-66-56-54(62)55(68-69(63,64)65)53(61)51(47-58)67-56)57-52(60)46-44-42-40-38-36-34-32-30-28-26-24-22-20-18-16-14-12-10-8-6-4-2/h49-51,53-56,58-59,61-62H,3-48H2,1-2H3,(H,57,60)(H,63,64,65). The number of amides is 1. The molecule has 0 saturated carbocycles. The first-order chi connectivity index (χ1) is 33.5. The number of aliphatic hydroxyl groups is 4. The summed E-state index contributed by atoms with van der Waals surface area (Å²) in [5, 5.41) is 45.1. The predicted molar refractivity (Wildman–Crippen MR) is 283 cm³/mol. The average molecular weight is 1010 g/mol. The van der Waals surface area contributed by atoms with Crippen molar-refractivity contribution in [1.82, 2.24) is 5.32 Å². The minimum absolute atomic E-state index is 0.222. The molecule has 0 bridgehead atoms. The van der Waals surface area contributed by atoms with Crippen molar-refractivity contribution in [1.29, 1.82) is 0 Å². The van der Waals surface area contributed by atoms with Crippen molar-refractivity contribution in [2.75, 3.05) is 13.2 Å². The topological polar surface area (TPSA) is 192 Å². The van der Waals surface area contributed by atoms with E-state index in [-0.39, 0.29) is 12.5 Å². The molecule has 412 valence electrons. The van der Waals surface area contributed by atoms with Crippen LogP contribution in [0.3, 0.4) is 0 Å². The lowest BCUT2D eigenvalue weighted by molar-refractivity contribution is -0.298. The van der Waals surface area contributed by atoms with E-state index in [2.05, 4.69) is 23.3 Å². The van der Waals surface area contributed by atoms with E-state index in [4.69, 9.17) is 9.47 Å². The third-order valence-electron chi connectivity index (χ3n) is 14.4. The lowest BCUT2D eigenvalue weighted by Gasteiger charge is -2.41. The summed E-state index contributed by atoms with van der Waals surface area (Å²) in [5.74, 6) is -0.222. The van der Waals surface area contributed by atoms with Crippen LogP contribution in [0.15, 0.2) is 0 Å². The number of unbranched alkanes of at least 4 members (excludes halogenated alkanes) is 40. The summed E-state index contributed by atoms with van der Waals surface area (Å²) in [6.07, 6.45) is 45.3. The van der Waals surface area contributed by atoms with E-state index in [9.17, 15) is 38.2 Å². The molecule has 0 aromatic heterocycles. The molecule has 1 amide bonds. The number of rotatable bonds is 52. The van der Waals surface area contributed by atoms with Crippen molar-refractivity contribution < 1.29 is 51.8 Å². The van der Waals surface area contributed by atoms with Gasteiger partial charge in [0, 0.05) is 6.42 Å². The molecule has 1 aliphatic heterocycles. The summed E-state index contributed by atoms with van der Waals surface area (Å²) < 4.78 is 47.9. The fraction of sp³-hybridized carbons (Fsp3) is 0.982. The van der Waals surface area contributed by atoms with Crippen LogP contribution in [0.1, 0.15) is 296 Å². The second kappa shape index (κ2) is 46.9. The van der Waals surface area contributed by atoms with E-state index in [1.807, 2.05) is 0 Å². The Labute approximate surface area is 424 Å². The normalized spacial score (nSPS) is 19.6. The molecule has 0 aliphatic carbocycles. The van der Waals surface area contributed by atoms with Crippen LogP contribution in [0.2, 0.25) is 0 Å². The molecule has 12 nitrogen and oxygen atoms in total. The van der Waals surface area contributed by atoms with Crippen molar-refractivity contribution in [2.24, 2.45) is 0 Å². The first-order valence-corrected chi connectivity index (χ1v) is 30.8. The molecule has 0 aromatic rings. The van der Waals surface area contributed by atoms with Gasteiger partial charge >= 0.3 is 10.4 Å². The van der Waals surface area contributed by atoms with Crippen molar-refractivity contribution in [3.05, 3.63) is 0 Å². The summed E-state index contributed by atoms with van der Waals surface area (Å²) in [6, 6.07) is -0.853. The molecule has 1 rings (SSSR count).